The summed E-state index contributed by atoms with van der Waals surface area (Å²) in [5.74, 6) is 0.791. The van der Waals surface area contributed by atoms with E-state index >= 15 is 0 Å². The van der Waals surface area contributed by atoms with E-state index in [1.165, 1.54) is 11.0 Å². The van der Waals surface area contributed by atoms with Crippen LogP contribution in [-0.2, 0) is 6.54 Å². The summed E-state index contributed by atoms with van der Waals surface area (Å²) in [6.07, 6.45) is -1.03. The van der Waals surface area contributed by atoms with E-state index in [0.717, 1.165) is 0 Å². The lowest BCUT2D eigenvalue weighted by atomic mass is 10.2. The molecule has 1 aromatic heterocycles. The Morgan fingerprint density at radius 1 is 1.50 bits per heavy atom. The summed E-state index contributed by atoms with van der Waals surface area (Å²) in [6, 6.07) is 0. The Morgan fingerprint density at radius 3 is 2.58 bits per heavy atom. The zero-order chi connectivity index (χ0) is 9.14. The number of halogens is 2. The molecule has 1 heterocycles. The fourth-order valence-electron chi connectivity index (χ4n) is 0.803. The molecule has 12 heavy (non-hydrogen) atoms. The highest BCUT2D eigenvalue weighted by Crippen LogP contribution is 2.07. The first-order valence-electron chi connectivity index (χ1n) is 3.77. The van der Waals surface area contributed by atoms with Crippen molar-refractivity contribution >= 4 is 0 Å². The lowest BCUT2D eigenvalue weighted by Crippen LogP contribution is -2.07. The van der Waals surface area contributed by atoms with Crippen molar-refractivity contribution < 1.29 is 8.78 Å². The van der Waals surface area contributed by atoms with Crippen LogP contribution in [0.15, 0.2) is 6.33 Å². The Morgan fingerprint density at radius 2 is 2.17 bits per heavy atom. The second-order valence-corrected chi connectivity index (χ2v) is 2.87. The molecule has 0 aliphatic rings. The Balaban J connectivity index is 2.64. The molecule has 0 amide bonds. The van der Waals surface area contributed by atoms with Crippen LogP contribution in [0.3, 0.4) is 0 Å². The monoisotopic (exact) mass is 175 g/mol. The second-order valence-electron chi connectivity index (χ2n) is 2.87. The minimum atomic E-state index is -2.37. The van der Waals surface area contributed by atoms with Crippen LogP contribution >= 0.6 is 0 Å². The van der Waals surface area contributed by atoms with Crippen molar-refractivity contribution in [2.75, 3.05) is 0 Å². The van der Waals surface area contributed by atoms with Gasteiger partial charge >= 0.3 is 0 Å². The highest BCUT2D eigenvalue weighted by atomic mass is 19.3. The number of aromatic nitrogens is 3. The van der Waals surface area contributed by atoms with Gasteiger partial charge in [0, 0.05) is 5.92 Å². The summed E-state index contributed by atoms with van der Waals surface area (Å²) in [5.41, 5.74) is 0. The maximum absolute atomic E-state index is 11.8. The first-order chi connectivity index (χ1) is 5.59. The van der Waals surface area contributed by atoms with E-state index in [0.29, 0.717) is 5.82 Å². The van der Waals surface area contributed by atoms with Gasteiger partial charge in [0.15, 0.2) is 5.82 Å². The molecule has 0 spiro atoms. The van der Waals surface area contributed by atoms with Gasteiger partial charge < -0.3 is 0 Å². The van der Waals surface area contributed by atoms with Gasteiger partial charge in [-0.1, -0.05) is 13.8 Å². The molecule has 0 N–H and O–H groups in total. The van der Waals surface area contributed by atoms with E-state index in [4.69, 9.17) is 0 Å². The topological polar surface area (TPSA) is 30.7 Å². The highest BCUT2D eigenvalue weighted by molar-refractivity contribution is 4.88. The molecule has 5 heteroatoms. The molecule has 0 fully saturated rings. The Kier molecular flexibility index (Phi) is 2.73. The van der Waals surface area contributed by atoms with Crippen LogP contribution in [0.5, 0.6) is 0 Å². The van der Waals surface area contributed by atoms with Gasteiger partial charge in [0.1, 0.15) is 12.9 Å². The molecule has 0 saturated carbocycles. The third kappa shape index (κ3) is 2.25. The van der Waals surface area contributed by atoms with Crippen molar-refractivity contribution in [2.45, 2.75) is 32.7 Å². The summed E-state index contributed by atoms with van der Waals surface area (Å²) in [4.78, 5) is 3.89. The van der Waals surface area contributed by atoms with Crippen molar-refractivity contribution in [3.8, 4) is 0 Å². The number of hydrogen-bond acceptors (Lipinski definition) is 2. The summed E-state index contributed by atoms with van der Waals surface area (Å²) in [7, 11) is 0. The van der Waals surface area contributed by atoms with Gasteiger partial charge in [0.2, 0.25) is 0 Å². The van der Waals surface area contributed by atoms with Gasteiger partial charge in [0.25, 0.3) is 6.43 Å². The van der Waals surface area contributed by atoms with E-state index < -0.39 is 6.43 Å². The average molecular weight is 175 g/mol. The molecule has 0 aliphatic carbocycles. The van der Waals surface area contributed by atoms with Gasteiger partial charge in [0.05, 0.1) is 0 Å². The molecule has 0 unspecified atom stereocenters. The zero-order valence-corrected chi connectivity index (χ0v) is 7.04. The van der Waals surface area contributed by atoms with Gasteiger partial charge in [-0.15, -0.1) is 0 Å². The number of alkyl halides is 2. The standard InChI is InChI=1S/C7H11F2N3/c1-5(2)7-10-4-12(11-7)3-6(8)9/h4-6H,3H2,1-2H3. The molecule has 1 rings (SSSR count). The number of nitrogens with zero attached hydrogens (tertiary/aromatic N) is 3. The molecular weight excluding hydrogens is 164 g/mol. The maximum atomic E-state index is 11.8. The van der Waals surface area contributed by atoms with Crippen LogP contribution in [0, 0.1) is 0 Å². The van der Waals surface area contributed by atoms with Crippen LogP contribution in [0.2, 0.25) is 0 Å². The van der Waals surface area contributed by atoms with E-state index in [9.17, 15) is 8.78 Å². The van der Waals surface area contributed by atoms with E-state index in [-0.39, 0.29) is 12.5 Å². The molecule has 0 aromatic carbocycles. The molecule has 0 radical (unpaired) electrons. The minimum Gasteiger partial charge on any atom is -0.247 e. The van der Waals surface area contributed by atoms with Crippen molar-refractivity contribution in [3.63, 3.8) is 0 Å². The molecule has 3 nitrogen and oxygen atoms in total. The fraction of sp³-hybridized carbons (Fsp3) is 0.714. The first kappa shape index (κ1) is 9.09. The van der Waals surface area contributed by atoms with Crippen LogP contribution in [0.1, 0.15) is 25.6 Å². The summed E-state index contributed by atoms with van der Waals surface area (Å²) in [5, 5.41) is 3.88. The predicted molar refractivity (Wildman–Crippen MR) is 40.1 cm³/mol. The van der Waals surface area contributed by atoms with E-state index in [1.807, 2.05) is 13.8 Å². The first-order valence-corrected chi connectivity index (χ1v) is 3.77. The smallest absolute Gasteiger partial charge is 0.247 e. The van der Waals surface area contributed by atoms with E-state index in [2.05, 4.69) is 10.1 Å². The molecule has 0 aliphatic heterocycles. The molecule has 0 saturated heterocycles. The van der Waals surface area contributed by atoms with Crippen LogP contribution in [0.25, 0.3) is 0 Å². The minimum absolute atomic E-state index is 0.184. The summed E-state index contributed by atoms with van der Waals surface area (Å²) < 4.78 is 24.9. The van der Waals surface area contributed by atoms with Crippen molar-refractivity contribution in [1.29, 1.82) is 0 Å². The highest BCUT2D eigenvalue weighted by Gasteiger charge is 2.08. The quantitative estimate of drug-likeness (QED) is 0.699. The van der Waals surface area contributed by atoms with Gasteiger partial charge in [-0.3, -0.25) is 0 Å². The molecule has 1 aromatic rings. The zero-order valence-electron chi connectivity index (χ0n) is 7.04. The maximum Gasteiger partial charge on any atom is 0.257 e. The molecule has 0 atom stereocenters. The third-order valence-electron chi connectivity index (χ3n) is 1.40. The fourth-order valence-corrected chi connectivity index (χ4v) is 0.803. The normalized spacial score (nSPS) is 11.5. The lowest BCUT2D eigenvalue weighted by molar-refractivity contribution is 0.121. The van der Waals surface area contributed by atoms with Crippen LogP contribution in [0.4, 0.5) is 8.78 Å². The largest absolute Gasteiger partial charge is 0.257 e. The Bertz CT molecular complexity index is 245. The molecule has 0 bridgehead atoms. The molecule has 68 valence electrons. The van der Waals surface area contributed by atoms with Crippen molar-refractivity contribution in [1.82, 2.24) is 14.8 Å². The van der Waals surface area contributed by atoms with Crippen LogP contribution in [-0.4, -0.2) is 21.2 Å². The Labute approximate surface area is 69.4 Å². The molecular formula is C7H11F2N3. The number of hydrogen-bond donors (Lipinski definition) is 0. The van der Waals surface area contributed by atoms with Crippen LogP contribution < -0.4 is 0 Å². The van der Waals surface area contributed by atoms with E-state index in [1.54, 1.807) is 0 Å². The summed E-state index contributed by atoms with van der Waals surface area (Å²) in [6.45, 7) is 3.46. The number of rotatable bonds is 3. The Hall–Kier alpha value is -1.00. The summed E-state index contributed by atoms with van der Waals surface area (Å²) >= 11 is 0. The second kappa shape index (κ2) is 3.60. The van der Waals surface area contributed by atoms with Gasteiger partial charge in [-0.2, -0.15) is 5.10 Å². The van der Waals surface area contributed by atoms with Gasteiger partial charge in [-0.05, 0) is 0 Å². The SMILES string of the molecule is CC(C)c1ncn(CC(F)F)n1. The lowest BCUT2D eigenvalue weighted by Gasteiger charge is -1.98. The van der Waals surface area contributed by atoms with Crippen molar-refractivity contribution in [3.05, 3.63) is 12.2 Å². The third-order valence-corrected chi connectivity index (χ3v) is 1.40. The van der Waals surface area contributed by atoms with Gasteiger partial charge in [-0.25, -0.2) is 18.4 Å². The van der Waals surface area contributed by atoms with Crippen molar-refractivity contribution in [2.24, 2.45) is 0 Å². The average Bonchev–Trinajstić information content (AvgIpc) is 2.34. The predicted octanol–water partition coefficient (Wildman–Crippen LogP) is 1.67.